The topological polar surface area (TPSA) is 31.4 Å². The van der Waals surface area contributed by atoms with Gasteiger partial charge in [0.15, 0.2) is 11.5 Å². The lowest BCUT2D eigenvalue weighted by Crippen LogP contribution is -2.08. The molecular formula is C28H25NO2. The summed E-state index contributed by atoms with van der Waals surface area (Å²) < 4.78 is 11.0. The maximum absolute atomic E-state index is 5.59. The van der Waals surface area contributed by atoms with Gasteiger partial charge in [-0.1, -0.05) is 60.2 Å². The van der Waals surface area contributed by atoms with Gasteiger partial charge < -0.3 is 9.47 Å². The van der Waals surface area contributed by atoms with E-state index in [9.17, 15) is 0 Å². The summed E-state index contributed by atoms with van der Waals surface area (Å²) in [6, 6.07) is 25.6. The third-order valence-electron chi connectivity index (χ3n) is 6.08. The van der Waals surface area contributed by atoms with Crippen LogP contribution in [0.5, 0.6) is 11.5 Å². The number of rotatable bonds is 4. The molecule has 0 spiro atoms. The van der Waals surface area contributed by atoms with Crippen molar-refractivity contribution in [1.82, 2.24) is 4.98 Å². The first kappa shape index (κ1) is 19.4. The van der Waals surface area contributed by atoms with Crippen molar-refractivity contribution in [1.29, 1.82) is 0 Å². The first-order valence-electron chi connectivity index (χ1n) is 10.6. The number of pyridine rings is 1. The van der Waals surface area contributed by atoms with Gasteiger partial charge >= 0.3 is 0 Å². The molecule has 31 heavy (non-hydrogen) atoms. The predicted molar refractivity (Wildman–Crippen MR) is 126 cm³/mol. The van der Waals surface area contributed by atoms with E-state index in [0.29, 0.717) is 0 Å². The van der Waals surface area contributed by atoms with Gasteiger partial charge in [-0.15, -0.1) is 0 Å². The molecule has 0 bridgehead atoms. The Morgan fingerprint density at radius 2 is 1.45 bits per heavy atom. The smallest absolute Gasteiger partial charge is 0.161 e. The van der Waals surface area contributed by atoms with Crippen LogP contribution in [0.3, 0.4) is 0 Å². The fraction of sp³-hybridized carbons (Fsp3) is 0.179. The SMILES string of the molecule is COc1ccc(-c2cc(-c3ccc(C)cc3)nc3c2CCc2ccccc2-3)cc1OC. The molecule has 0 saturated carbocycles. The molecule has 4 aromatic rings. The normalized spacial score (nSPS) is 12.1. The van der Waals surface area contributed by atoms with Gasteiger partial charge in [-0.2, -0.15) is 0 Å². The number of methoxy groups -OCH3 is 2. The first-order chi connectivity index (χ1) is 15.2. The fourth-order valence-corrected chi connectivity index (χ4v) is 4.41. The Morgan fingerprint density at radius 3 is 2.23 bits per heavy atom. The molecule has 1 aliphatic carbocycles. The lowest BCUT2D eigenvalue weighted by Gasteiger charge is -2.23. The highest BCUT2D eigenvalue weighted by Crippen LogP contribution is 2.41. The third-order valence-corrected chi connectivity index (χ3v) is 6.08. The van der Waals surface area contributed by atoms with E-state index in [4.69, 9.17) is 14.5 Å². The highest BCUT2D eigenvalue weighted by Gasteiger charge is 2.23. The minimum absolute atomic E-state index is 0.735. The van der Waals surface area contributed by atoms with Crippen LogP contribution in [-0.4, -0.2) is 19.2 Å². The van der Waals surface area contributed by atoms with E-state index < -0.39 is 0 Å². The van der Waals surface area contributed by atoms with E-state index in [1.54, 1.807) is 14.2 Å². The Morgan fingerprint density at radius 1 is 0.710 bits per heavy atom. The van der Waals surface area contributed by atoms with Gasteiger partial charge in [0.2, 0.25) is 0 Å². The highest BCUT2D eigenvalue weighted by molar-refractivity contribution is 5.83. The molecule has 0 radical (unpaired) electrons. The van der Waals surface area contributed by atoms with Crippen molar-refractivity contribution in [2.75, 3.05) is 14.2 Å². The number of aromatic nitrogens is 1. The van der Waals surface area contributed by atoms with Crippen LogP contribution in [-0.2, 0) is 12.8 Å². The summed E-state index contributed by atoms with van der Waals surface area (Å²) in [5.74, 6) is 1.47. The first-order valence-corrected chi connectivity index (χ1v) is 10.6. The third kappa shape index (κ3) is 3.46. The van der Waals surface area contributed by atoms with Gasteiger partial charge in [-0.3, -0.25) is 0 Å². The largest absolute Gasteiger partial charge is 0.493 e. The number of aryl methyl sites for hydroxylation is 2. The number of ether oxygens (including phenoxy) is 2. The van der Waals surface area contributed by atoms with E-state index in [-0.39, 0.29) is 0 Å². The Bertz CT molecular complexity index is 1260. The molecule has 0 aliphatic heterocycles. The highest BCUT2D eigenvalue weighted by atomic mass is 16.5. The summed E-state index contributed by atoms with van der Waals surface area (Å²) in [6.45, 7) is 2.11. The Labute approximate surface area is 183 Å². The van der Waals surface area contributed by atoms with Gasteiger partial charge in [0, 0.05) is 11.1 Å². The summed E-state index contributed by atoms with van der Waals surface area (Å²) in [5.41, 5.74) is 10.7. The summed E-state index contributed by atoms with van der Waals surface area (Å²) in [7, 11) is 3.34. The molecule has 0 unspecified atom stereocenters. The van der Waals surface area contributed by atoms with Gasteiger partial charge in [-0.05, 0) is 60.2 Å². The van der Waals surface area contributed by atoms with Crippen LogP contribution in [0.25, 0.3) is 33.6 Å². The summed E-state index contributed by atoms with van der Waals surface area (Å²) in [5, 5.41) is 0. The van der Waals surface area contributed by atoms with Crippen LogP contribution in [0.2, 0.25) is 0 Å². The van der Waals surface area contributed by atoms with Crippen LogP contribution in [0.4, 0.5) is 0 Å². The average molecular weight is 408 g/mol. The molecule has 0 fully saturated rings. The molecule has 1 heterocycles. The van der Waals surface area contributed by atoms with E-state index >= 15 is 0 Å². The molecule has 5 rings (SSSR count). The molecule has 0 N–H and O–H groups in total. The Hall–Kier alpha value is -3.59. The summed E-state index contributed by atoms with van der Waals surface area (Å²) in [6.07, 6.45) is 1.99. The second-order valence-electron chi connectivity index (χ2n) is 7.98. The number of fused-ring (bicyclic) bond motifs is 3. The zero-order valence-corrected chi connectivity index (χ0v) is 18.1. The molecular weight excluding hydrogens is 382 g/mol. The van der Waals surface area contributed by atoms with E-state index in [1.807, 2.05) is 6.07 Å². The van der Waals surface area contributed by atoms with E-state index in [1.165, 1.54) is 27.8 Å². The average Bonchev–Trinajstić information content (AvgIpc) is 2.83. The summed E-state index contributed by atoms with van der Waals surface area (Å²) >= 11 is 0. The molecule has 0 atom stereocenters. The van der Waals surface area contributed by atoms with E-state index in [0.717, 1.165) is 46.9 Å². The second kappa shape index (κ2) is 7.92. The lowest BCUT2D eigenvalue weighted by molar-refractivity contribution is 0.355. The lowest BCUT2D eigenvalue weighted by atomic mass is 9.84. The van der Waals surface area contributed by atoms with Crippen molar-refractivity contribution in [3.63, 3.8) is 0 Å². The van der Waals surface area contributed by atoms with Gasteiger partial charge in [0.25, 0.3) is 0 Å². The van der Waals surface area contributed by atoms with Crippen LogP contribution < -0.4 is 9.47 Å². The quantitative estimate of drug-likeness (QED) is 0.387. The van der Waals surface area contributed by atoms with Gasteiger partial charge in [-0.25, -0.2) is 4.98 Å². The van der Waals surface area contributed by atoms with Crippen LogP contribution in [0.15, 0.2) is 72.8 Å². The maximum atomic E-state index is 5.59. The maximum Gasteiger partial charge on any atom is 0.161 e. The Balaban J connectivity index is 1.76. The van der Waals surface area contributed by atoms with Crippen molar-refractivity contribution in [3.8, 4) is 45.1 Å². The fourth-order valence-electron chi connectivity index (χ4n) is 4.41. The molecule has 0 saturated heterocycles. The van der Waals surface area contributed by atoms with Crippen molar-refractivity contribution < 1.29 is 9.47 Å². The molecule has 1 aromatic heterocycles. The zero-order valence-electron chi connectivity index (χ0n) is 18.1. The number of hydrogen-bond acceptors (Lipinski definition) is 3. The van der Waals surface area contributed by atoms with Gasteiger partial charge in [0.05, 0.1) is 25.6 Å². The van der Waals surface area contributed by atoms with Crippen molar-refractivity contribution in [2.24, 2.45) is 0 Å². The zero-order chi connectivity index (χ0) is 21.4. The molecule has 3 heteroatoms. The number of hydrogen-bond donors (Lipinski definition) is 0. The molecule has 154 valence electrons. The van der Waals surface area contributed by atoms with E-state index in [2.05, 4.69) is 73.7 Å². The Kier molecular flexibility index (Phi) is 4.95. The molecule has 0 amide bonds. The van der Waals surface area contributed by atoms with Crippen molar-refractivity contribution in [2.45, 2.75) is 19.8 Å². The van der Waals surface area contributed by atoms with Crippen molar-refractivity contribution in [3.05, 3.63) is 89.5 Å². The minimum Gasteiger partial charge on any atom is -0.493 e. The second-order valence-corrected chi connectivity index (χ2v) is 7.98. The van der Waals surface area contributed by atoms with Crippen LogP contribution >= 0.6 is 0 Å². The van der Waals surface area contributed by atoms with Gasteiger partial charge in [0.1, 0.15) is 0 Å². The van der Waals surface area contributed by atoms with Crippen LogP contribution in [0.1, 0.15) is 16.7 Å². The monoisotopic (exact) mass is 407 g/mol. The molecule has 3 aromatic carbocycles. The number of nitrogens with zero attached hydrogens (tertiary/aromatic N) is 1. The standard InChI is InChI=1S/C28H25NO2/c1-18-8-10-20(11-9-18)25-17-24(21-13-15-26(30-2)27(16-21)31-3)23-14-12-19-6-4-5-7-22(19)28(23)29-25/h4-11,13,15-17H,12,14H2,1-3H3. The van der Waals surface area contributed by atoms with Crippen LogP contribution in [0, 0.1) is 6.92 Å². The minimum atomic E-state index is 0.735. The van der Waals surface area contributed by atoms with Crippen molar-refractivity contribution >= 4 is 0 Å². The molecule has 1 aliphatic rings. The summed E-state index contributed by atoms with van der Waals surface area (Å²) in [4.78, 5) is 5.16. The predicted octanol–water partition coefficient (Wildman–Crippen LogP) is 6.51. The number of benzene rings is 3. The molecule has 3 nitrogen and oxygen atoms in total.